The maximum Gasteiger partial charge on any atom is 0.267 e. The Morgan fingerprint density at radius 1 is 1.42 bits per heavy atom. The van der Waals surface area contributed by atoms with E-state index in [1.807, 2.05) is 22.4 Å². The molecule has 3 aromatic heterocycles. The Kier molecular flexibility index (Phi) is 4.64. The van der Waals surface area contributed by atoms with Crippen molar-refractivity contribution in [1.82, 2.24) is 24.5 Å². The van der Waals surface area contributed by atoms with Crippen molar-refractivity contribution in [3.05, 3.63) is 50.3 Å². The van der Waals surface area contributed by atoms with E-state index in [1.165, 1.54) is 6.07 Å². The molecule has 1 aliphatic heterocycles. The lowest BCUT2D eigenvalue weighted by atomic mass is 9.96. The Labute approximate surface area is 157 Å². The zero-order chi connectivity index (χ0) is 18.1. The molecule has 0 aliphatic carbocycles. The average molecular weight is 387 g/mol. The zero-order valence-electron chi connectivity index (χ0n) is 14.1. The number of hydrogen-bond donors (Lipinski definition) is 1. The van der Waals surface area contributed by atoms with Gasteiger partial charge in [-0.15, -0.1) is 16.4 Å². The summed E-state index contributed by atoms with van der Waals surface area (Å²) in [5, 5.41) is 5.89. The van der Waals surface area contributed by atoms with E-state index in [2.05, 4.69) is 19.6 Å². The van der Waals surface area contributed by atoms with Gasteiger partial charge in [-0.05, 0) is 42.7 Å². The maximum atomic E-state index is 12.7. The van der Waals surface area contributed by atoms with E-state index in [0.29, 0.717) is 35.2 Å². The number of piperidine rings is 1. The molecule has 1 N–H and O–H groups in total. The summed E-state index contributed by atoms with van der Waals surface area (Å²) in [5.74, 6) is 0.623. The molecule has 3 aromatic rings. The fourth-order valence-electron chi connectivity index (χ4n) is 3.18. The van der Waals surface area contributed by atoms with Crippen molar-refractivity contribution in [2.45, 2.75) is 25.7 Å². The van der Waals surface area contributed by atoms with E-state index in [-0.39, 0.29) is 17.4 Å². The number of thiophene rings is 1. The first kappa shape index (κ1) is 17.0. The van der Waals surface area contributed by atoms with Gasteiger partial charge in [0.05, 0.1) is 16.3 Å². The summed E-state index contributed by atoms with van der Waals surface area (Å²) >= 11 is 2.68. The van der Waals surface area contributed by atoms with Gasteiger partial charge >= 0.3 is 0 Å². The van der Waals surface area contributed by atoms with E-state index in [4.69, 9.17) is 0 Å². The Hall–Kier alpha value is -2.39. The van der Waals surface area contributed by atoms with E-state index >= 15 is 0 Å². The van der Waals surface area contributed by atoms with Gasteiger partial charge in [0, 0.05) is 25.1 Å². The number of nitrogens with one attached hydrogen (secondary N) is 1. The van der Waals surface area contributed by atoms with Crippen LogP contribution in [0.25, 0.3) is 10.6 Å². The summed E-state index contributed by atoms with van der Waals surface area (Å²) < 4.78 is 3.85. The smallest absolute Gasteiger partial charge is 0.267 e. The lowest BCUT2D eigenvalue weighted by molar-refractivity contribution is 0.0708. The largest absolute Gasteiger partial charge is 0.337 e. The number of rotatable bonds is 3. The number of carbonyl (C=O) groups is 1. The second-order valence-electron chi connectivity index (χ2n) is 6.27. The minimum Gasteiger partial charge on any atom is -0.337 e. The van der Waals surface area contributed by atoms with Crippen LogP contribution in [-0.4, -0.2) is 43.5 Å². The summed E-state index contributed by atoms with van der Waals surface area (Å²) in [4.78, 5) is 35.7. The molecule has 26 heavy (non-hydrogen) atoms. The molecule has 1 saturated heterocycles. The van der Waals surface area contributed by atoms with Gasteiger partial charge in [0.25, 0.3) is 11.5 Å². The van der Waals surface area contributed by atoms with Crippen molar-refractivity contribution in [3.63, 3.8) is 0 Å². The van der Waals surface area contributed by atoms with Gasteiger partial charge in [-0.1, -0.05) is 10.6 Å². The first-order valence-corrected chi connectivity index (χ1v) is 10.0. The highest BCUT2D eigenvalue weighted by atomic mass is 32.1. The van der Waals surface area contributed by atoms with Gasteiger partial charge < -0.3 is 9.88 Å². The maximum absolute atomic E-state index is 12.7. The Bertz CT molecular complexity index is 979. The molecule has 0 unspecified atom stereocenters. The van der Waals surface area contributed by atoms with Crippen LogP contribution >= 0.6 is 22.9 Å². The van der Waals surface area contributed by atoms with Crippen molar-refractivity contribution < 1.29 is 4.79 Å². The number of H-pyrrole nitrogens is 1. The molecule has 4 heterocycles. The topological polar surface area (TPSA) is 91.8 Å². The Morgan fingerprint density at radius 2 is 2.31 bits per heavy atom. The number of hydrogen-bond acceptors (Lipinski definition) is 7. The Balaban J connectivity index is 1.59. The van der Waals surface area contributed by atoms with E-state index in [1.54, 1.807) is 18.3 Å². The number of likely N-dealkylation sites (tertiary alicyclic amines) is 1. The fourth-order valence-corrected chi connectivity index (χ4v) is 4.49. The predicted molar refractivity (Wildman–Crippen MR) is 101 cm³/mol. The normalized spacial score (nSPS) is 17.4. The molecule has 0 spiro atoms. The Morgan fingerprint density at radius 3 is 3.04 bits per heavy atom. The third-order valence-corrected chi connectivity index (χ3v) is 6.18. The molecule has 134 valence electrons. The fraction of sp³-hybridized carbons (Fsp3) is 0.353. The molecule has 1 amide bonds. The summed E-state index contributed by atoms with van der Waals surface area (Å²) in [6.45, 7) is 3.02. The number of aromatic nitrogens is 4. The van der Waals surface area contributed by atoms with Crippen LogP contribution in [0.3, 0.4) is 0 Å². The molecule has 1 aliphatic rings. The molecule has 4 rings (SSSR count). The average Bonchev–Trinajstić information content (AvgIpc) is 3.32. The monoisotopic (exact) mass is 387 g/mol. The van der Waals surface area contributed by atoms with Crippen LogP contribution in [0.2, 0.25) is 0 Å². The molecule has 9 heteroatoms. The van der Waals surface area contributed by atoms with Gasteiger partial charge in [-0.25, -0.2) is 4.98 Å². The molecule has 0 bridgehead atoms. The first-order valence-electron chi connectivity index (χ1n) is 8.35. The lowest BCUT2D eigenvalue weighted by Crippen LogP contribution is -2.39. The van der Waals surface area contributed by atoms with Crippen molar-refractivity contribution in [3.8, 4) is 10.6 Å². The van der Waals surface area contributed by atoms with Crippen LogP contribution in [0, 0.1) is 6.92 Å². The summed E-state index contributed by atoms with van der Waals surface area (Å²) in [5.41, 5.74) is 1.18. The van der Waals surface area contributed by atoms with E-state index in [0.717, 1.165) is 29.3 Å². The third kappa shape index (κ3) is 3.32. The zero-order valence-corrected chi connectivity index (χ0v) is 15.8. The third-order valence-electron chi connectivity index (χ3n) is 4.47. The molecule has 0 radical (unpaired) electrons. The van der Waals surface area contributed by atoms with Crippen molar-refractivity contribution >= 4 is 28.8 Å². The second kappa shape index (κ2) is 7.08. The van der Waals surface area contributed by atoms with E-state index < -0.39 is 0 Å². The highest BCUT2D eigenvalue weighted by molar-refractivity contribution is 7.13. The molecule has 0 aromatic carbocycles. The second-order valence-corrected chi connectivity index (χ2v) is 7.97. The number of carbonyl (C=O) groups excluding carboxylic acids is 1. The SMILES string of the molecule is Cc1nnsc1C(=O)N1CCC[C@@H](c2nc(-c3cccs3)cc(=O)[nH]2)C1. The van der Waals surface area contributed by atoms with Crippen LogP contribution in [0.1, 0.15) is 39.9 Å². The molecular formula is C17H17N5O2S2. The molecule has 0 saturated carbocycles. The minimum absolute atomic E-state index is 0.0153. The van der Waals surface area contributed by atoms with Gasteiger partial charge in [0.2, 0.25) is 0 Å². The number of nitrogens with zero attached hydrogens (tertiary/aromatic N) is 4. The van der Waals surface area contributed by atoms with Crippen molar-refractivity contribution in [1.29, 1.82) is 0 Å². The van der Waals surface area contributed by atoms with Crippen LogP contribution in [0.4, 0.5) is 0 Å². The van der Waals surface area contributed by atoms with Crippen molar-refractivity contribution in [2.24, 2.45) is 0 Å². The van der Waals surface area contributed by atoms with Crippen molar-refractivity contribution in [2.75, 3.05) is 13.1 Å². The lowest BCUT2D eigenvalue weighted by Gasteiger charge is -2.32. The van der Waals surface area contributed by atoms with E-state index in [9.17, 15) is 9.59 Å². The molecule has 7 nitrogen and oxygen atoms in total. The van der Waals surface area contributed by atoms with Gasteiger partial charge in [-0.3, -0.25) is 9.59 Å². The highest BCUT2D eigenvalue weighted by Gasteiger charge is 2.29. The van der Waals surface area contributed by atoms with Crippen LogP contribution < -0.4 is 5.56 Å². The van der Waals surface area contributed by atoms with Crippen LogP contribution in [-0.2, 0) is 0 Å². The molecule has 1 atom stereocenters. The number of aryl methyl sites for hydroxylation is 1. The number of aromatic amines is 1. The standard InChI is InChI=1S/C17H17N5O2S2/c1-10-15(26-21-20-10)17(24)22-6-2-4-11(9-22)16-18-12(8-14(23)19-16)13-5-3-7-25-13/h3,5,7-8,11H,2,4,6,9H2,1H3,(H,18,19,23)/t11-/m1/s1. The summed E-state index contributed by atoms with van der Waals surface area (Å²) in [6, 6.07) is 5.41. The minimum atomic E-state index is -0.163. The first-order chi connectivity index (χ1) is 12.6. The van der Waals surface area contributed by atoms with Gasteiger partial charge in [0.1, 0.15) is 10.7 Å². The quantitative estimate of drug-likeness (QED) is 0.746. The van der Waals surface area contributed by atoms with Gasteiger partial charge in [-0.2, -0.15) is 0 Å². The van der Waals surface area contributed by atoms with Crippen LogP contribution in [0.15, 0.2) is 28.4 Å². The summed E-state index contributed by atoms with van der Waals surface area (Å²) in [7, 11) is 0. The van der Waals surface area contributed by atoms with Gasteiger partial charge in [0.15, 0.2) is 0 Å². The predicted octanol–water partition coefficient (Wildman–Crippen LogP) is 2.68. The molecule has 1 fully saturated rings. The highest BCUT2D eigenvalue weighted by Crippen LogP contribution is 2.28. The number of amides is 1. The molecular weight excluding hydrogens is 370 g/mol. The van der Waals surface area contributed by atoms with Crippen LogP contribution in [0.5, 0.6) is 0 Å². The summed E-state index contributed by atoms with van der Waals surface area (Å²) in [6.07, 6.45) is 1.76.